The molecule has 1 aliphatic heterocycles. The summed E-state index contributed by atoms with van der Waals surface area (Å²) in [6, 6.07) is 4.37. The molecule has 0 spiro atoms. The molecule has 86 valence electrons. The molecule has 1 heterocycles. The Labute approximate surface area is 94.0 Å². The first-order chi connectivity index (χ1) is 7.65. The van der Waals surface area contributed by atoms with E-state index >= 15 is 0 Å². The molecular weight excluding hydrogens is 207 g/mol. The number of carbonyl (C=O) groups is 1. The van der Waals surface area contributed by atoms with Gasteiger partial charge in [-0.25, -0.2) is 4.39 Å². The van der Waals surface area contributed by atoms with Crippen molar-refractivity contribution in [1.82, 2.24) is 5.32 Å². The maximum atomic E-state index is 12.8. The second-order valence-corrected chi connectivity index (χ2v) is 4.24. The third-order valence-electron chi connectivity index (χ3n) is 2.80. The molecule has 1 fully saturated rings. The largest absolute Gasteiger partial charge is 0.326 e. The van der Waals surface area contributed by atoms with Crippen molar-refractivity contribution >= 4 is 11.6 Å². The van der Waals surface area contributed by atoms with Crippen LogP contribution in [-0.2, 0) is 4.79 Å². The molecule has 0 bridgehead atoms. The SMILES string of the molecule is Cc1cc(F)ccc1NC(=O)CC1CNC1. The lowest BCUT2D eigenvalue weighted by molar-refractivity contribution is -0.117. The fourth-order valence-corrected chi connectivity index (χ4v) is 1.72. The topological polar surface area (TPSA) is 41.1 Å². The minimum absolute atomic E-state index is 0.00112. The lowest BCUT2D eigenvalue weighted by Gasteiger charge is -2.26. The van der Waals surface area contributed by atoms with Crippen LogP contribution in [0.2, 0.25) is 0 Å². The molecule has 0 aliphatic carbocycles. The van der Waals surface area contributed by atoms with Crippen LogP contribution < -0.4 is 10.6 Å². The van der Waals surface area contributed by atoms with Gasteiger partial charge in [0.15, 0.2) is 0 Å². The number of rotatable bonds is 3. The zero-order valence-electron chi connectivity index (χ0n) is 9.22. The molecule has 2 rings (SSSR count). The maximum Gasteiger partial charge on any atom is 0.224 e. The van der Waals surface area contributed by atoms with Gasteiger partial charge in [0.2, 0.25) is 5.91 Å². The van der Waals surface area contributed by atoms with Crippen LogP contribution in [0.15, 0.2) is 18.2 Å². The number of hydrogen-bond acceptors (Lipinski definition) is 2. The Kier molecular flexibility index (Phi) is 3.19. The van der Waals surface area contributed by atoms with Crippen LogP contribution in [-0.4, -0.2) is 19.0 Å². The molecule has 4 heteroatoms. The molecule has 1 amide bonds. The van der Waals surface area contributed by atoms with Crippen LogP contribution in [0.25, 0.3) is 0 Å². The zero-order chi connectivity index (χ0) is 11.5. The average Bonchev–Trinajstić information content (AvgIpc) is 2.16. The van der Waals surface area contributed by atoms with Gasteiger partial charge in [-0.15, -0.1) is 0 Å². The van der Waals surface area contributed by atoms with Gasteiger partial charge in [-0.05, 0) is 49.7 Å². The summed E-state index contributed by atoms with van der Waals surface area (Å²) in [7, 11) is 0. The number of anilines is 1. The predicted molar refractivity (Wildman–Crippen MR) is 60.7 cm³/mol. The first-order valence-corrected chi connectivity index (χ1v) is 5.42. The highest BCUT2D eigenvalue weighted by Crippen LogP contribution is 2.17. The van der Waals surface area contributed by atoms with Gasteiger partial charge in [0, 0.05) is 12.1 Å². The normalized spacial score (nSPS) is 15.6. The third-order valence-corrected chi connectivity index (χ3v) is 2.80. The minimum atomic E-state index is -0.279. The number of aryl methyl sites for hydroxylation is 1. The van der Waals surface area contributed by atoms with Gasteiger partial charge in [-0.2, -0.15) is 0 Å². The second-order valence-electron chi connectivity index (χ2n) is 4.24. The number of nitrogens with one attached hydrogen (secondary N) is 2. The monoisotopic (exact) mass is 222 g/mol. The smallest absolute Gasteiger partial charge is 0.224 e. The van der Waals surface area contributed by atoms with Crippen molar-refractivity contribution in [3.8, 4) is 0 Å². The van der Waals surface area contributed by atoms with Gasteiger partial charge < -0.3 is 10.6 Å². The first kappa shape index (κ1) is 11.1. The average molecular weight is 222 g/mol. The van der Waals surface area contributed by atoms with Crippen molar-refractivity contribution in [3.63, 3.8) is 0 Å². The van der Waals surface area contributed by atoms with E-state index in [1.165, 1.54) is 12.1 Å². The van der Waals surface area contributed by atoms with Gasteiger partial charge in [0.05, 0.1) is 0 Å². The molecule has 3 nitrogen and oxygen atoms in total. The molecule has 0 saturated carbocycles. The lowest BCUT2D eigenvalue weighted by atomic mass is 9.99. The van der Waals surface area contributed by atoms with Crippen LogP contribution in [0.1, 0.15) is 12.0 Å². The Morgan fingerprint density at radius 1 is 1.56 bits per heavy atom. The molecule has 0 radical (unpaired) electrons. The van der Waals surface area contributed by atoms with Crippen molar-refractivity contribution in [3.05, 3.63) is 29.6 Å². The Balaban J connectivity index is 1.94. The summed E-state index contributed by atoms with van der Waals surface area (Å²) < 4.78 is 12.8. The highest BCUT2D eigenvalue weighted by atomic mass is 19.1. The van der Waals surface area contributed by atoms with Crippen molar-refractivity contribution in [1.29, 1.82) is 0 Å². The van der Waals surface area contributed by atoms with E-state index < -0.39 is 0 Å². The summed E-state index contributed by atoms with van der Waals surface area (Å²) in [6.07, 6.45) is 0.532. The van der Waals surface area contributed by atoms with E-state index in [1.54, 1.807) is 13.0 Å². The van der Waals surface area contributed by atoms with E-state index in [1.807, 2.05) is 0 Å². The Morgan fingerprint density at radius 2 is 2.31 bits per heavy atom. The molecule has 1 aromatic rings. The van der Waals surface area contributed by atoms with Gasteiger partial charge in [0.1, 0.15) is 5.82 Å². The first-order valence-electron chi connectivity index (χ1n) is 5.42. The molecule has 0 atom stereocenters. The molecule has 1 aromatic carbocycles. The number of halogens is 1. The van der Waals surface area contributed by atoms with Crippen molar-refractivity contribution in [2.75, 3.05) is 18.4 Å². The van der Waals surface area contributed by atoms with Gasteiger partial charge in [0.25, 0.3) is 0 Å². The molecule has 0 unspecified atom stereocenters. The zero-order valence-corrected chi connectivity index (χ0v) is 9.22. The maximum absolute atomic E-state index is 12.8. The number of benzene rings is 1. The van der Waals surface area contributed by atoms with E-state index in [2.05, 4.69) is 10.6 Å². The summed E-state index contributed by atoms with van der Waals surface area (Å²) in [6.45, 7) is 3.61. The van der Waals surface area contributed by atoms with Crippen LogP contribution in [0.3, 0.4) is 0 Å². The van der Waals surface area contributed by atoms with E-state index in [0.717, 1.165) is 18.7 Å². The Bertz CT molecular complexity index is 402. The van der Waals surface area contributed by atoms with Gasteiger partial charge >= 0.3 is 0 Å². The van der Waals surface area contributed by atoms with Crippen LogP contribution in [0.4, 0.5) is 10.1 Å². The van der Waals surface area contributed by atoms with Crippen LogP contribution >= 0.6 is 0 Å². The molecular formula is C12H15FN2O. The highest BCUT2D eigenvalue weighted by molar-refractivity contribution is 5.91. The lowest BCUT2D eigenvalue weighted by Crippen LogP contribution is -2.43. The van der Waals surface area contributed by atoms with E-state index in [9.17, 15) is 9.18 Å². The highest BCUT2D eigenvalue weighted by Gasteiger charge is 2.20. The summed E-state index contributed by atoms with van der Waals surface area (Å²) in [5.74, 6) is 0.167. The van der Waals surface area contributed by atoms with E-state index in [0.29, 0.717) is 18.0 Å². The van der Waals surface area contributed by atoms with E-state index in [4.69, 9.17) is 0 Å². The summed E-state index contributed by atoms with van der Waals surface area (Å²) in [5.41, 5.74) is 1.44. The van der Waals surface area contributed by atoms with Gasteiger partial charge in [-0.1, -0.05) is 0 Å². The number of hydrogen-bond donors (Lipinski definition) is 2. The number of amides is 1. The molecule has 16 heavy (non-hydrogen) atoms. The molecule has 1 aliphatic rings. The summed E-state index contributed by atoms with van der Waals surface area (Å²) in [4.78, 5) is 11.6. The van der Waals surface area contributed by atoms with E-state index in [-0.39, 0.29) is 11.7 Å². The quantitative estimate of drug-likeness (QED) is 0.817. The molecule has 0 aromatic heterocycles. The van der Waals surface area contributed by atoms with Crippen LogP contribution in [0.5, 0.6) is 0 Å². The van der Waals surface area contributed by atoms with Gasteiger partial charge in [-0.3, -0.25) is 4.79 Å². The van der Waals surface area contributed by atoms with Crippen LogP contribution in [0, 0.1) is 18.7 Å². The molecule has 2 N–H and O–H groups in total. The fourth-order valence-electron chi connectivity index (χ4n) is 1.72. The third kappa shape index (κ3) is 2.58. The summed E-state index contributed by atoms with van der Waals surface area (Å²) >= 11 is 0. The second kappa shape index (κ2) is 4.61. The van der Waals surface area contributed by atoms with Crippen molar-refractivity contribution in [2.24, 2.45) is 5.92 Å². The fraction of sp³-hybridized carbons (Fsp3) is 0.417. The standard InChI is InChI=1S/C12H15FN2O/c1-8-4-10(13)2-3-11(8)15-12(16)5-9-6-14-7-9/h2-4,9,14H,5-7H2,1H3,(H,15,16). The predicted octanol–water partition coefficient (Wildman–Crippen LogP) is 1.68. The Hall–Kier alpha value is -1.42. The number of carbonyl (C=O) groups excluding carboxylic acids is 1. The summed E-state index contributed by atoms with van der Waals surface area (Å²) in [5, 5.41) is 5.92. The Morgan fingerprint density at radius 3 is 2.88 bits per heavy atom. The molecule has 1 saturated heterocycles. The minimum Gasteiger partial charge on any atom is -0.326 e. The van der Waals surface area contributed by atoms with Crippen molar-refractivity contribution in [2.45, 2.75) is 13.3 Å². The van der Waals surface area contributed by atoms with Crippen molar-refractivity contribution < 1.29 is 9.18 Å².